The first-order chi connectivity index (χ1) is 13.3. The van der Waals surface area contributed by atoms with Crippen LogP contribution in [0.15, 0.2) is 4.99 Å². The van der Waals surface area contributed by atoms with Crippen LogP contribution in [0.2, 0.25) is 0 Å². The molecule has 0 aromatic rings. The van der Waals surface area contributed by atoms with Gasteiger partial charge in [-0.1, -0.05) is 0 Å². The summed E-state index contributed by atoms with van der Waals surface area (Å²) in [5, 5.41) is 6.59. The number of aliphatic imine (C=N–C) groups is 1. The molecule has 1 unspecified atom stereocenters. The minimum atomic E-state index is -4.15. The quantitative estimate of drug-likeness (QED) is 0.311. The van der Waals surface area contributed by atoms with E-state index in [9.17, 15) is 18.0 Å². The van der Waals surface area contributed by atoms with E-state index in [0.29, 0.717) is 51.8 Å². The number of piperidine rings is 1. The zero-order chi connectivity index (χ0) is 20.6. The summed E-state index contributed by atoms with van der Waals surface area (Å²) in [4.78, 5) is 19.5. The van der Waals surface area contributed by atoms with Crippen LogP contribution in [0.4, 0.5) is 18.0 Å². The van der Waals surface area contributed by atoms with E-state index in [1.807, 2.05) is 6.92 Å². The van der Waals surface area contributed by atoms with Crippen molar-refractivity contribution in [2.24, 2.45) is 10.9 Å². The van der Waals surface area contributed by atoms with Gasteiger partial charge in [-0.15, -0.1) is 24.0 Å². The van der Waals surface area contributed by atoms with E-state index in [1.165, 1.54) is 4.90 Å². The van der Waals surface area contributed by atoms with Gasteiger partial charge in [0, 0.05) is 38.8 Å². The molecule has 2 aliphatic heterocycles. The molecule has 2 heterocycles. The molecule has 2 aliphatic rings. The summed E-state index contributed by atoms with van der Waals surface area (Å²) in [7, 11) is 0. The third kappa shape index (κ3) is 9.58. The summed E-state index contributed by atoms with van der Waals surface area (Å²) in [6.45, 7) is 6.66. The second-order valence-corrected chi connectivity index (χ2v) is 7.33. The number of alkyl halides is 3. The zero-order valence-corrected chi connectivity index (χ0v) is 19.5. The fourth-order valence-corrected chi connectivity index (χ4v) is 3.61. The number of nitrogens with zero attached hydrogens (tertiary/aromatic N) is 3. The van der Waals surface area contributed by atoms with Crippen LogP contribution in [0.3, 0.4) is 0 Å². The Kier molecular flexibility index (Phi) is 11.4. The second kappa shape index (κ2) is 12.7. The number of halogens is 4. The fourth-order valence-electron chi connectivity index (χ4n) is 3.61. The number of amides is 1. The highest BCUT2D eigenvalue weighted by atomic mass is 127. The number of ether oxygens (including phenoxy) is 1. The van der Waals surface area contributed by atoms with Crippen molar-refractivity contribution in [1.82, 2.24) is 20.4 Å². The molecule has 1 amide bonds. The Bertz CT molecular complexity index is 528. The normalized spacial score (nSPS) is 21.6. The van der Waals surface area contributed by atoms with Crippen molar-refractivity contribution in [2.45, 2.75) is 45.3 Å². The average Bonchev–Trinajstić information content (AvgIpc) is 3.06. The van der Waals surface area contributed by atoms with Crippen LogP contribution >= 0.6 is 24.0 Å². The molecule has 11 heteroatoms. The highest BCUT2D eigenvalue weighted by molar-refractivity contribution is 14.0. The van der Waals surface area contributed by atoms with Gasteiger partial charge < -0.3 is 20.3 Å². The molecule has 0 radical (unpaired) electrons. The minimum Gasteiger partial charge on any atom is -0.450 e. The van der Waals surface area contributed by atoms with Crippen LogP contribution in [0.25, 0.3) is 0 Å². The summed E-state index contributed by atoms with van der Waals surface area (Å²) in [5.74, 6) is 0.829. The van der Waals surface area contributed by atoms with E-state index in [2.05, 4.69) is 15.6 Å². The van der Waals surface area contributed by atoms with Crippen LogP contribution in [-0.4, -0.2) is 86.5 Å². The van der Waals surface area contributed by atoms with E-state index < -0.39 is 12.7 Å². The number of nitrogens with one attached hydrogen (secondary N) is 2. The van der Waals surface area contributed by atoms with E-state index in [1.54, 1.807) is 11.8 Å². The molecule has 2 saturated heterocycles. The van der Waals surface area contributed by atoms with Crippen LogP contribution < -0.4 is 10.6 Å². The topological polar surface area (TPSA) is 69.2 Å². The number of carbonyl (C=O) groups is 1. The van der Waals surface area contributed by atoms with Gasteiger partial charge in [0.15, 0.2) is 5.96 Å². The number of carbonyl (C=O) groups excluding carboxylic acids is 1. The molecule has 29 heavy (non-hydrogen) atoms. The molecule has 0 aromatic heterocycles. The molecule has 0 aliphatic carbocycles. The monoisotopic (exact) mass is 535 g/mol. The highest BCUT2D eigenvalue weighted by Gasteiger charge is 2.34. The van der Waals surface area contributed by atoms with Gasteiger partial charge in [0.25, 0.3) is 0 Å². The number of guanidine groups is 1. The lowest BCUT2D eigenvalue weighted by Gasteiger charge is -2.32. The molecule has 1 atom stereocenters. The Morgan fingerprint density at radius 2 is 1.86 bits per heavy atom. The molecule has 2 rings (SSSR count). The van der Waals surface area contributed by atoms with E-state index in [4.69, 9.17) is 4.74 Å². The maximum atomic E-state index is 12.5. The lowest BCUT2D eigenvalue weighted by molar-refractivity contribution is -0.143. The van der Waals surface area contributed by atoms with Crippen molar-refractivity contribution in [3.63, 3.8) is 0 Å². The van der Waals surface area contributed by atoms with Gasteiger partial charge in [0.2, 0.25) is 0 Å². The lowest BCUT2D eigenvalue weighted by Crippen LogP contribution is -2.50. The van der Waals surface area contributed by atoms with Gasteiger partial charge in [-0.2, -0.15) is 13.2 Å². The first-order valence-corrected chi connectivity index (χ1v) is 10.1. The molecule has 7 nitrogen and oxygen atoms in total. The number of likely N-dealkylation sites (tertiary alicyclic amines) is 2. The highest BCUT2D eigenvalue weighted by Crippen LogP contribution is 2.23. The Morgan fingerprint density at radius 1 is 1.17 bits per heavy atom. The first kappa shape index (κ1) is 26.1. The van der Waals surface area contributed by atoms with Crippen molar-refractivity contribution >= 4 is 36.0 Å². The Hall–Kier alpha value is -0.980. The van der Waals surface area contributed by atoms with Gasteiger partial charge in [0.05, 0.1) is 13.2 Å². The van der Waals surface area contributed by atoms with Crippen molar-refractivity contribution < 1.29 is 22.7 Å². The number of hydrogen-bond donors (Lipinski definition) is 2. The van der Waals surface area contributed by atoms with Crippen LogP contribution in [0, 0.1) is 5.92 Å². The molecule has 0 bridgehead atoms. The predicted octanol–water partition coefficient (Wildman–Crippen LogP) is 2.66. The third-order valence-corrected chi connectivity index (χ3v) is 4.99. The Labute approximate surface area is 187 Å². The standard InChI is InChI=1S/C18H32F3N5O2.HI/c1-3-22-16(23-11-14-5-8-25(12-14)13-18(19,20)21)24-15-6-9-26(10-7-15)17(27)28-4-2;/h14-15H,3-13H2,1-2H3,(H2,22,23,24);1H. The smallest absolute Gasteiger partial charge is 0.409 e. The largest absolute Gasteiger partial charge is 0.450 e. The van der Waals surface area contributed by atoms with E-state index >= 15 is 0 Å². The zero-order valence-electron chi connectivity index (χ0n) is 17.1. The molecule has 2 N–H and O–H groups in total. The van der Waals surface area contributed by atoms with Crippen LogP contribution in [-0.2, 0) is 4.74 Å². The van der Waals surface area contributed by atoms with E-state index in [-0.39, 0.29) is 42.0 Å². The first-order valence-electron chi connectivity index (χ1n) is 10.1. The van der Waals surface area contributed by atoms with Crippen LogP contribution in [0.5, 0.6) is 0 Å². The molecular formula is C18H33F3IN5O2. The Morgan fingerprint density at radius 3 is 2.45 bits per heavy atom. The third-order valence-electron chi connectivity index (χ3n) is 4.99. The second-order valence-electron chi connectivity index (χ2n) is 7.33. The summed E-state index contributed by atoms with van der Waals surface area (Å²) in [5.41, 5.74) is 0. The minimum absolute atomic E-state index is 0. The summed E-state index contributed by atoms with van der Waals surface area (Å²) >= 11 is 0. The summed E-state index contributed by atoms with van der Waals surface area (Å²) in [6, 6.07) is 0.203. The average molecular weight is 535 g/mol. The summed E-state index contributed by atoms with van der Waals surface area (Å²) in [6.07, 6.45) is -2.09. The SMILES string of the molecule is CCNC(=NCC1CCN(CC(F)(F)F)C1)NC1CCN(C(=O)OCC)CC1.I. The van der Waals surface area contributed by atoms with Crippen molar-refractivity contribution in [3.8, 4) is 0 Å². The van der Waals surface area contributed by atoms with Gasteiger partial charge in [-0.05, 0) is 45.6 Å². The molecule has 170 valence electrons. The maximum absolute atomic E-state index is 12.5. The summed E-state index contributed by atoms with van der Waals surface area (Å²) < 4.78 is 42.6. The van der Waals surface area contributed by atoms with Gasteiger partial charge in [-0.3, -0.25) is 9.89 Å². The van der Waals surface area contributed by atoms with Gasteiger partial charge in [-0.25, -0.2) is 4.79 Å². The number of rotatable bonds is 6. The molecule has 0 aromatic carbocycles. The van der Waals surface area contributed by atoms with Gasteiger partial charge in [0.1, 0.15) is 0 Å². The van der Waals surface area contributed by atoms with Crippen molar-refractivity contribution in [2.75, 3.05) is 52.4 Å². The predicted molar refractivity (Wildman–Crippen MR) is 117 cm³/mol. The molecule has 0 saturated carbocycles. The maximum Gasteiger partial charge on any atom is 0.409 e. The lowest BCUT2D eigenvalue weighted by atomic mass is 10.1. The van der Waals surface area contributed by atoms with Gasteiger partial charge >= 0.3 is 12.3 Å². The fraction of sp³-hybridized carbons (Fsp3) is 0.889. The van der Waals surface area contributed by atoms with Crippen LogP contribution in [0.1, 0.15) is 33.1 Å². The number of hydrogen-bond acceptors (Lipinski definition) is 4. The van der Waals surface area contributed by atoms with Crippen molar-refractivity contribution in [3.05, 3.63) is 0 Å². The molecule has 2 fully saturated rings. The van der Waals surface area contributed by atoms with Crippen molar-refractivity contribution in [1.29, 1.82) is 0 Å². The van der Waals surface area contributed by atoms with E-state index in [0.717, 1.165) is 19.3 Å². The molecular weight excluding hydrogens is 502 g/mol. The molecule has 0 spiro atoms. The Balaban J connectivity index is 0.00000420.